The van der Waals surface area contributed by atoms with Crippen LogP contribution in [0.2, 0.25) is 0 Å². The first kappa shape index (κ1) is 13.0. The second-order valence-corrected chi connectivity index (χ2v) is 6.36. The van der Waals surface area contributed by atoms with Crippen molar-refractivity contribution in [1.29, 1.82) is 0 Å². The molecule has 1 fully saturated rings. The molecule has 2 nitrogen and oxygen atoms in total. The minimum absolute atomic E-state index is 0.0268. The number of nitrogens with one attached hydrogen (secondary N) is 1. The van der Waals surface area contributed by atoms with Crippen LogP contribution in [0.15, 0.2) is 0 Å². The zero-order valence-electron chi connectivity index (χ0n) is 11.2. The molecule has 0 aliphatic carbocycles. The Hall–Kier alpha value is -0.0800. The van der Waals surface area contributed by atoms with Gasteiger partial charge in [-0.15, -0.1) is 0 Å². The summed E-state index contributed by atoms with van der Waals surface area (Å²) in [5, 5.41) is 3.63. The third-order valence-electron chi connectivity index (χ3n) is 3.19. The van der Waals surface area contributed by atoms with Crippen LogP contribution in [0.5, 0.6) is 0 Å². The van der Waals surface area contributed by atoms with E-state index in [4.69, 9.17) is 4.74 Å². The van der Waals surface area contributed by atoms with Crippen LogP contribution in [-0.4, -0.2) is 23.8 Å². The Kier molecular flexibility index (Phi) is 3.83. The standard InChI is InChI=1S/C13H27NO/c1-10(2)7-8-14-11-9-12(3,4)15-13(11,5)6/h10-11,14H,7-9H2,1-6H3/t11-/m0/s1. The van der Waals surface area contributed by atoms with Crippen LogP contribution < -0.4 is 5.32 Å². The Labute approximate surface area is 94.8 Å². The summed E-state index contributed by atoms with van der Waals surface area (Å²) in [4.78, 5) is 0. The van der Waals surface area contributed by atoms with Crippen LogP contribution in [0.1, 0.15) is 54.4 Å². The van der Waals surface area contributed by atoms with Gasteiger partial charge in [0, 0.05) is 6.04 Å². The van der Waals surface area contributed by atoms with Gasteiger partial charge in [0.25, 0.3) is 0 Å². The molecule has 15 heavy (non-hydrogen) atoms. The Bertz CT molecular complexity index is 209. The van der Waals surface area contributed by atoms with Gasteiger partial charge < -0.3 is 10.1 Å². The van der Waals surface area contributed by atoms with Gasteiger partial charge in [-0.1, -0.05) is 13.8 Å². The van der Waals surface area contributed by atoms with Crippen molar-refractivity contribution >= 4 is 0 Å². The highest BCUT2D eigenvalue weighted by Gasteiger charge is 2.45. The van der Waals surface area contributed by atoms with Crippen LogP contribution in [-0.2, 0) is 4.74 Å². The number of hydrogen-bond acceptors (Lipinski definition) is 2. The normalized spacial score (nSPS) is 28.6. The average Bonchev–Trinajstić information content (AvgIpc) is 2.18. The van der Waals surface area contributed by atoms with E-state index < -0.39 is 0 Å². The molecule has 0 aromatic carbocycles. The molecule has 0 amide bonds. The summed E-state index contributed by atoms with van der Waals surface area (Å²) in [5.74, 6) is 0.774. The van der Waals surface area contributed by atoms with Gasteiger partial charge >= 0.3 is 0 Å². The summed E-state index contributed by atoms with van der Waals surface area (Å²) >= 11 is 0. The smallest absolute Gasteiger partial charge is 0.0787 e. The molecule has 1 N–H and O–H groups in total. The predicted molar refractivity (Wildman–Crippen MR) is 65.1 cm³/mol. The molecule has 0 unspecified atom stereocenters. The molecule has 1 atom stereocenters. The molecule has 90 valence electrons. The van der Waals surface area contributed by atoms with Crippen molar-refractivity contribution < 1.29 is 4.74 Å². The van der Waals surface area contributed by atoms with Gasteiger partial charge in [-0.2, -0.15) is 0 Å². The monoisotopic (exact) mass is 213 g/mol. The molecule has 0 aromatic rings. The van der Waals surface area contributed by atoms with E-state index in [1.807, 2.05) is 0 Å². The lowest BCUT2D eigenvalue weighted by Gasteiger charge is -2.28. The summed E-state index contributed by atoms with van der Waals surface area (Å²) in [6.07, 6.45) is 2.35. The van der Waals surface area contributed by atoms with Gasteiger partial charge in [-0.05, 0) is 53.0 Å². The third kappa shape index (κ3) is 3.76. The maximum atomic E-state index is 6.04. The Balaban J connectivity index is 2.41. The molecule has 0 spiro atoms. The lowest BCUT2D eigenvalue weighted by Crippen LogP contribution is -2.43. The molecule has 2 heteroatoms. The molecule has 1 aliphatic rings. The van der Waals surface area contributed by atoms with Crippen LogP contribution in [0.3, 0.4) is 0 Å². The molecule has 1 saturated heterocycles. The number of ether oxygens (including phenoxy) is 1. The minimum Gasteiger partial charge on any atom is -0.368 e. The van der Waals surface area contributed by atoms with Crippen molar-refractivity contribution in [1.82, 2.24) is 5.32 Å². The second-order valence-electron chi connectivity index (χ2n) is 6.36. The maximum Gasteiger partial charge on any atom is 0.0787 e. The van der Waals surface area contributed by atoms with Gasteiger partial charge in [0.05, 0.1) is 11.2 Å². The molecule has 1 aliphatic heterocycles. The van der Waals surface area contributed by atoms with Crippen molar-refractivity contribution in [2.24, 2.45) is 5.92 Å². The molecular weight excluding hydrogens is 186 g/mol. The summed E-state index contributed by atoms with van der Waals surface area (Å²) in [6.45, 7) is 14.4. The lowest BCUT2D eigenvalue weighted by atomic mass is 9.94. The van der Waals surface area contributed by atoms with Gasteiger partial charge in [-0.3, -0.25) is 0 Å². The quantitative estimate of drug-likeness (QED) is 0.775. The first-order chi connectivity index (χ1) is 6.73. The van der Waals surface area contributed by atoms with Gasteiger partial charge in [-0.25, -0.2) is 0 Å². The van der Waals surface area contributed by atoms with Crippen molar-refractivity contribution in [2.45, 2.75) is 71.6 Å². The van der Waals surface area contributed by atoms with Crippen molar-refractivity contribution in [3.05, 3.63) is 0 Å². The molecule has 0 aromatic heterocycles. The molecule has 1 heterocycles. The van der Waals surface area contributed by atoms with Gasteiger partial charge in [0.2, 0.25) is 0 Å². The average molecular weight is 213 g/mol. The van der Waals surface area contributed by atoms with E-state index in [0.717, 1.165) is 18.9 Å². The largest absolute Gasteiger partial charge is 0.368 e. The maximum absolute atomic E-state index is 6.04. The zero-order chi connectivity index (χ0) is 11.7. The first-order valence-corrected chi connectivity index (χ1v) is 6.16. The van der Waals surface area contributed by atoms with Crippen LogP contribution in [0, 0.1) is 5.92 Å². The SMILES string of the molecule is CC(C)CCN[C@H]1CC(C)(C)OC1(C)C. The predicted octanol–water partition coefficient (Wildman–Crippen LogP) is 2.97. The van der Waals surface area contributed by atoms with Crippen molar-refractivity contribution in [3.8, 4) is 0 Å². The summed E-state index contributed by atoms with van der Waals surface area (Å²) in [7, 11) is 0. The number of rotatable bonds is 4. The fraction of sp³-hybridized carbons (Fsp3) is 1.00. The first-order valence-electron chi connectivity index (χ1n) is 6.16. The van der Waals surface area contributed by atoms with E-state index in [1.165, 1.54) is 6.42 Å². The van der Waals surface area contributed by atoms with E-state index in [-0.39, 0.29) is 11.2 Å². The Morgan fingerprint density at radius 2 is 1.87 bits per heavy atom. The second kappa shape index (κ2) is 4.42. The Morgan fingerprint density at radius 3 is 2.27 bits per heavy atom. The minimum atomic E-state index is -0.0273. The van der Waals surface area contributed by atoms with E-state index in [1.54, 1.807) is 0 Å². The number of hydrogen-bond donors (Lipinski definition) is 1. The summed E-state index contributed by atoms with van der Waals surface area (Å²) < 4.78 is 6.04. The Morgan fingerprint density at radius 1 is 1.27 bits per heavy atom. The van der Waals surface area contributed by atoms with Gasteiger partial charge in [0.1, 0.15) is 0 Å². The summed E-state index contributed by atoms with van der Waals surface area (Å²) in [6, 6.07) is 0.492. The highest BCUT2D eigenvalue weighted by Crippen LogP contribution is 2.37. The fourth-order valence-corrected chi connectivity index (χ4v) is 2.43. The summed E-state index contributed by atoms with van der Waals surface area (Å²) in [5.41, 5.74) is -0.000519. The van der Waals surface area contributed by atoms with Crippen LogP contribution in [0.25, 0.3) is 0 Å². The molecule has 0 saturated carbocycles. The highest BCUT2D eigenvalue weighted by molar-refractivity contribution is 4.98. The third-order valence-corrected chi connectivity index (χ3v) is 3.19. The molecule has 1 rings (SSSR count). The van der Waals surface area contributed by atoms with Gasteiger partial charge in [0.15, 0.2) is 0 Å². The van der Waals surface area contributed by atoms with Crippen LogP contribution in [0.4, 0.5) is 0 Å². The lowest BCUT2D eigenvalue weighted by molar-refractivity contribution is -0.0698. The highest BCUT2D eigenvalue weighted by atomic mass is 16.5. The van der Waals surface area contributed by atoms with E-state index in [2.05, 4.69) is 46.9 Å². The molecular formula is C13H27NO. The zero-order valence-corrected chi connectivity index (χ0v) is 11.2. The molecule has 0 radical (unpaired) electrons. The van der Waals surface area contributed by atoms with E-state index in [9.17, 15) is 0 Å². The fourth-order valence-electron chi connectivity index (χ4n) is 2.43. The van der Waals surface area contributed by atoms with Crippen molar-refractivity contribution in [3.63, 3.8) is 0 Å². The van der Waals surface area contributed by atoms with Crippen LogP contribution >= 0.6 is 0 Å². The topological polar surface area (TPSA) is 21.3 Å². The van der Waals surface area contributed by atoms with E-state index in [0.29, 0.717) is 6.04 Å². The van der Waals surface area contributed by atoms with Crippen molar-refractivity contribution in [2.75, 3.05) is 6.54 Å². The van der Waals surface area contributed by atoms with E-state index >= 15 is 0 Å². The molecule has 0 bridgehead atoms.